The molecular weight excluding hydrogens is 278 g/mol. The number of hydrogen-bond donors (Lipinski definition) is 1. The van der Waals surface area contributed by atoms with Gasteiger partial charge in [0.15, 0.2) is 5.82 Å². The van der Waals surface area contributed by atoms with E-state index < -0.39 is 0 Å². The SMILES string of the molecule is CCC[C@@H](C)c1cn(Cc2nc(-c3ccncc3)n[nH]2)nn1. The highest BCUT2D eigenvalue weighted by atomic mass is 15.4. The van der Waals surface area contributed by atoms with Crippen LogP contribution in [-0.2, 0) is 6.54 Å². The molecule has 3 rings (SSSR count). The van der Waals surface area contributed by atoms with Gasteiger partial charge in [0.1, 0.15) is 12.4 Å². The normalized spacial score (nSPS) is 12.5. The van der Waals surface area contributed by atoms with Gasteiger partial charge < -0.3 is 0 Å². The quantitative estimate of drug-likeness (QED) is 0.755. The fraction of sp³-hybridized carbons (Fsp3) is 0.400. The zero-order chi connectivity index (χ0) is 15.4. The van der Waals surface area contributed by atoms with Crippen LogP contribution < -0.4 is 0 Å². The van der Waals surface area contributed by atoms with Crippen molar-refractivity contribution in [2.75, 3.05) is 0 Å². The predicted octanol–water partition coefficient (Wildman–Crippen LogP) is 2.41. The lowest BCUT2D eigenvalue weighted by Gasteiger charge is -2.03. The van der Waals surface area contributed by atoms with Crippen molar-refractivity contribution in [3.8, 4) is 11.4 Å². The van der Waals surface area contributed by atoms with E-state index in [1.807, 2.05) is 18.3 Å². The van der Waals surface area contributed by atoms with Gasteiger partial charge in [-0.1, -0.05) is 25.5 Å². The number of nitrogens with one attached hydrogen (secondary N) is 1. The number of hydrogen-bond acceptors (Lipinski definition) is 5. The number of pyridine rings is 1. The first-order chi connectivity index (χ1) is 10.8. The molecule has 0 fully saturated rings. The van der Waals surface area contributed by atoms with Crippen LogP contribution in [0.25, 0.3) is 11.4 Å². The molecule has 7 heteroatoms. The third-order valence-corrected chi connectivity index (χ3v) is 3.56. The lowest BCUT2D eigenvalue weighted by Crippen LogP contribution is -2.02. The third kappa shape index (κ3) is 3.19. The van der Waals surface area contributed by atoms with Crippen molar-refractivity contribution < 1.29 is 0 Å². The van der Waals surface area contributed by atoms with Gasteiger partial charge in [-0.25, -0.2) is 9.67 Å². The Balaban J connectivity index is 1.70. The summed E-state index contributed by atoms with van der Waals surface area (Å²) in [6.07, 6.45) is 7.70. The summed E-state index contributed by atoms with van der Waals surface area (Å²) in [6.45, 7) is 4.88. The molecule has 0 radical (unpaired) electrons. The molecule has 3 aromatic heterocycles. The van der Waals surface area contributed by atoms with Crippen LogP contribution in [-0.4, -0.2) is 35.2 Å². The van der Waals surface area contributed by atoms with Gasteiger partial charge in [0.25, 0.3) is 0 Å². The zero-order valence-electron chi connectivity index (χ0n) is 12.8. The first-order valence-corrected chi connectivity index (χ1v) is 7.48. The average Bonchev–Trinajstić information content (AvgIpc) is 3.18. The van der Waals surface area contributed by atoms with Crippen LogP contribution in [0.1, 0.15) is 44.1 Å². The van der Waals surface area contributed by atoms with Crippen molar-refractivity contribution in [3.63, 3.8) is 0 Å². The second-order valence-corrected chi connectivity index (χ2v) is 5.37. The Kier molecular flexibility index (Phi) is 4.22. The standard InChI is InChI=1S/C15H19N7/c1-3-4-11(2)13-9-22(21-18-13)10-14-17-15(20-19-14)12-5-7-16-8-6-12/h5-9,11H,3-4,10H2,1-2H3,(H,17,19,20)/t11-/m1/s1. The lowest BCUT2D eigenvalue weighted by molar-refractivity contribution is 0.623. The van der Waals surface area contributed by atoms with Crippen molar-refractivity contribution in [2.45, 2.75) is 39.2 Å². The van der Waals surface area contributed by atoms with Gasteiger partial charge >= 0.3 is 0 Å². The Bertz CT molecular complexity index is 716. The van der Waals surface area contributed by atoms with Gasteiger partial charge in [-0.05, 0) is 18.6 Å². The maximum atomic E-state index is 4.48. The molecule has 0 saturated carbocycles. The van der Waals surface area contributed by atoms with Crippen LogP contribution in [0.4, 0.5) is 0 Å². The number of nitrogens with zero attached hydrogens (tertiary/aromatic N) is 6. The van der Waals surface area contributed by atoms with Crippen LogP contribution in [0.5, 0.6) is 0 Å². The smallest absolute Gasteiger partial charge is 0.181 e. The Labute approximate surface area is 128 Å². The fourth-order valence-electron chi connectivity index (χ4n) is 2.35. The van der Waals surface area contributed by atoms with Gasteiger partial charge in [0.05, 0.1) is 5.69 Å². The van der Waals surface area contributed by atoms with Crippen LogP contribution in [0, 0.1) is 0 Å². The minimum absolute atomic E-state index is 0.431. The van der Waals surface area contributed by atoms with E-state index in [4.69, 9.17) is 0 Å². The Morgan fingerprint density at radius 2 is 2.09 bits per heavy atom. The van der Waals surface area contributed by atoms with Crippen LogP contribution in [0.2, 0.25) is 0 Å². The predicted molar refractivity (Wildman–Crippen MR) is 82.1 cm³/mol. The largest absolute Gasteiger partial charge is 0.265 e. The van der Waals surface area contributed by atoms with Gasteiger partial charge in [0.2, 0.25) is 0 Å². The average molecular weight is 297 g/mol. The van der Waals surface area contributed by atoms with Gasteiger partial charge in [-0.3, -0.25) is 10.1 Å². The molecule has 0 spiro atoms. The third-order valence-electron chi connectivity index (χ3n) is 3.56. The molecule has 0 bridgehead atoms. The second-order valence-electron chi connectivity index (χ2n) is 5.37. The Hall–Kier alpha value is -2.57. The first-order valence-electron chi connectivity index (χ1n) is 7.48. The number of aromatic amines is 1. The minimum atomic E-state index is 0.431. The van der Waals surface area contributed by atoms with E-state index in [0.717, 1.165) is 29.9 Å². The molecule has 22 heavy (non-hydrogen) atoms. The number of aromatic nitrogens is 7. The van der Waals surface area contributed by atoms with Crippen molar-refractivity contribution in [2.24, 2.45) is 0 Å². The maximum Gasteiger partial charge on any atom is 0.181 e. The zero-order valence-corrected chi connectivity index (χ0v) is 12.8. The molecule has 0 aliphatic heterocycles. The fourth-order valence-corrected chi connectivity index (χ4v) is 2.35. The molecule has 3 aromatic rings. The van der Waals surface area contributed by atoms with E-state index in [9.17, 15) is 0 Å². The first kappa shape index (κ1) is 14.4. The molecule has 0 aromatic carbocycles. The summed E-state index contributed by atoms with van der Waals surface area (Å²) >= 11 is 0. The maximum absolute atomic E-state index is 4.48. The molecule has 0 unspecified atom stereocenters. The monoisotopic (exact) mass is 297 g/mol. The van der Waals surface area contributed by atoms with Crippen molar-refractivity contribution >= 4 is 0 Å². The molecule has 114 valence electrons. The molecule has 3 heterocycles. The van der Waals surface area contributed by atoms with E-state index in [2.05, 4.69) is 44.3 Å². The molecular formula is C15H19N7. The van der Waals surface area contributed by atoms with Gasteiger partial charge in [0, 0.05) is 30.1 Å². The van der Waals surface area contributed by atoms with Crippen molar-refractivity contribution in [1.29, 1.82) is 0 Å². The molecule has 0 aliphatic rings. The number of rotatable bonds is 6. The highest BCUT2D eigenvalue weighted by Gasteiger charge is 2.11. The van der Waals surface area contributed by atoms with Crippen LogP contribution in [0.3, 0.4) is 0 Å². The Morgan fingerprint density at radius 3 is 2.86 bits per heavy atom. The van der Waals surface area contributed by atoms with Crippen molar-refractivity contribution in [1.82, 2.24) is 35.2 Å². The molecule has 1 N–H and O–H groups in total. The summed E-state index contributed by atoms with van der Waals surface area (Å²) in [7, 11) is 0. The molecule has 7 nitrogen and oxygen atoms in total. The summed E-state index contributed by atoms with van der Waals surface area (Å²) in [5.74, 6) is 1.85. The van der Waals surface area contributed by atoms with E-state index >= 15 is 0 Å². The van der Waals surface area contributed by atoms with E-state index in [-0.39, 0.29) is 0 Å². The summed E-state index contributed by atoms with van der Waals surface area (Å²) in [4.78, 5) is 8.47. The molecule has 0 amide bonds. The molecule has 1 atom stereocenters. The van der Waals surface area contributed by atoms with Crippen LogP contribution in [0.15, 0.2) is 30.7 Å². The highest BCUT2D eigenvalue weighted by Crippen LogP contribution is 2.18. The Morgan fingerprint density at radius 1 is 1.27 bits per heavy atom. The minimum Gasteiger partial charge on any atom is -0.265 e. The summed E-state index contributed by atoms with van der Waals surface area (Å²) in [6, 6.07) is 3.76. The van der Waals surface area contributed by atoms with Gasteiger partial charge in [-0.15, -0.1) is 5.10 Å². The van der Waals surface area contributed by atoms with E-state index in [1.165, 1.54) is 0 Å². The lowest BCUT2D eigenvalue weighted by atomic mass is 10.0. The van der Waals surface area contributed by atoms with Crippen LogP contribution >= 0.6 is 0 Å². The topological polar surface area (TPSA) is 85.2 Å². The van der Waals surface area contributed by atoms with E-state index in [1.54, 1.807) is 17.1 Å². The molecule has 0 aliphatic carbocycles. The number of H-pyrrole nitrogens is 1. The highest BCUT2D eigenvalue weighted by molar-refractivity contribution is 5.52. The van der Waals surface area contributed by atoms with Gasteiger partial charge in [-0.2, -0.15) is 5.10 Å². The summed E-state index contributed by atoms with van der Waals surface area (Å²) in [5.41, 5.74) is 1.96. The summed E-state index contributed by atoms with van der Waals surface area (Å²) in [5, 5.41) is 15.6. The molecule has 0 saturated heterocycles. The van der Waals surface area contributed by atoms with E-state index in [0.29, 0.717) is 18.3 Å². The summed E-state index contributed by atoms with van der Waals surface area (Å²) < 4.78 is 1.79. The van der Waals surface area contributed by atoms with Crippen molar-refractivity contribution in [3.05, 3.63) is 42.2 Å². The second kappa shape index (κ2) is 6.46.